The molecular weight excluding hydrogens is 232 g/mol. The molecule has 0 radical (unpaired) electrons. The number of rotatable bonds is 8. The van der Waals surface area contributed by atoms with Crippen molar-refractivity contribution in [3.05, 3.63) is 35.9 Å². The third-order valence-electron chi connectivity index (χ3n) is 3.94. The van der Waals surface area contributed by atoms with Crippen molar-refractivity contribution in [3.8, 4) is 0 Å². The first-order valence-corrected chi connectivity index (χ1v) is 7.73. The minimum atomic E-state index is 0.509. The van der Waals surface area contributed by atoms with Crippen LogP contribution in [0.15, 0.2) is 30.3 Å². The molecule has 2 rings (SSSR count). The second-order valence-electron chi connectivity index (χ2n) is 6.02. The molecule has 1 fully saturated rings. The van der Waals surface area contributed by atoms with Gasteiger partial charge >= 0.3 is 0 Å². The topological polar surface area (TPSA) is 15.3 Å². The van der Waals surface area contributed by atoms with Crippen LogP contribution in [-0.4, -0.2) is 30.6 Å². The van der Waals surface area contributed by atoms with E-state index in [-0.39, 0.29) is 0 Å². The van der Waals surface area contributed by atoms with Gasteiger partial charge in [-0.05, 0) is 30.9 Å². The fourth-order valence-corrected chi connectivity index (χ4v) is 2.59. The third-order valence-corrected chi connectivity index (χ3v) is 3.94. The summed E-state index contributed by atoms with van der Waals surface area (Å²) in [5, 5.41) is 3.61. The van der Waals surface area contributed by atoms with Crippen molar-refractivity contribution in [2.24, 2.45) is 5.92 Å². The highest BCUT2D eigenvalue weighted by atomic mass is 15.2. The van der Waals surface area contributed by atoms with Gasteiger partial charge in [0.25, 0.3) is 0 Å². The maximum absolute atomic E-state index is 3.61. The Balaban J connectivity index is 2.06. The van der Waals surface area contributed by atoms with Gasteiger partial charge in [-0.25, -0.2) is 0 Å². The van der Waals surface area contributed by atoms with Crippen LogP contribution in [0.3, 0.4) is 0 Å². The molecule has 0 amide bonds. The molecule has 2 nitrogen and oxygen atoms in total. The SMILES string of the molecule is CCN(CC1CC1)C(CNC(C)C)c1ccccc1. The molecule has 1 aromatic carbocycles. The average Bonchev–Trinajstić information content (AvgIpc) is 3.22. The molecule has 1 unspecified atom stereocenters. The summed E-state index contributed by atoms with van der Waals surface area (Å²) in [6, 6.07) is 12.0. The Hall–Kier alpha value is -0.860. The van der Waals surface area contributed by atoms with Crippen LogP contribution in [0.25, 0.3) is 0 Å². The highest BCUT2D eigenvalue weighted by Crippen LogP contribution is 2.32. The van der Waals surface area contributed by atoms with Gasteiger partial charge < -0.3 is 5.32 Å². The van der Waals surface area contributed by atoms with Gasteiger partial charge in [0.05, 0.1) is 0 Å². The van der Waals surface area contributed by atoms with Crippen LogP contribution in [0, 0.1) is 5.92 Å². The first-order chi connectivity index (χ1) is 9.20. The van der Waals surface area contributed by atoms with E-state index >= 15 is 0 Å². The molecule has 0 bridgehead atoms. The predicted molar refractivity (Wildman–Crippen MR) is 82.3 cm³/mol. The van der Waals surface area contributed by atoms with Crippen molar-refractivity contribution in [1.29, 1.82) is 0 Å². The molecule has 0 aromatic heterocycles. The molecule has 0 heterocycles. The highest BCUT2D eigenvalue weighted by Gasteiger charge is 2.27. The smallest absolute Gasteiger partial charge is 0.0472 e. The van der Waals surface area contributed by atoms with Gasteiger partial charge in [-0.2, -0.15) is 0 Å². The Bertz CT molecular complexity index is 357. The van der Waals surface area contributed by atoms with E-state index in [1.54, 1.807) is 0 Å². The van der Waals surface area contributed by atoms with E-state index in [0.717, 1.165) is 19.0 Å². The summed E-state index contributed by atoms with van der Waals surface area (Å²) in [6.07, 6.45) is 2.85. The lowest BCUT2D eigenvalue weighted by Crippen LogP contribution is -2.39. The van der Waals surface area contributed by atoms with Crippen LogP contribution >= 0.6 is 0 Å². The number of hydrogen-bond acceptors (Lipinski definition) is 2. The third kappa shape index (κ3) is 4.63. The van der Waals surface area contributed by atoms with E-state index in [9.17, 15) is 0 Å². The summed E-state index contributed by atoms with van der Waals surface area (Å²) in [5.74, 6) is 0.949. The van der Waals surface area contributed by atoms with Crippen LogP contribution in [0.2, 0.25) is 0 Å². The monoisotopic (exact) mass is 260 g/mol. The van der Waals surface area contributed by atoms with Gasteiger partial charge in [0, 0.05) is 25.2 Å². The summed E-state index contributed by atoms with van der Waals surface area (Å²) in [6.45, 7) is 10.2. The Kier molecular flexibility index (Phi) is 5.41. The quantitative estimate of drug-likeness (QED) is 0.770. The molecule has 106 valence electrons. The van der Waals surface area contributed by atoms with Crippen molar-refractivity contribution < 1.29 is 0 Å². The Morgan fingerprint density at radius 2 is 1.89 bits per heavy atom. The predicted octanol–water partition coefficient (Wildman–Crippen LogP) is 3.46. The van der Waals surface area contributed by atoms with Crippen molar-refractivity contribution in [2.45, 2.75) is 45.7 Å². The Morgan fingerprint density at radius 1 is 1.21 bits per heavy atom. The van der Waals surface area contributed by atoms with Crippen LogP contribution in [0.5, 0.6) is 0 Å². The fraction of sp³-hybridized carbons (Fsp3) is 0.647. The molecule has 19 heavy (non-hydrogen) atoms. The molecule has 1 saturated carbocycles. The van der Waals surface area contributed by atoms with Gasteiger partial charge in [0.15, 0.2) is 0 Å². The van der Waals surface area contributed by atoms with Crippen molar-refractivity contribution in [3.63, 3.8) is 0 Å². The maximum atomic E-state index is 3.61. The van der Waals surface area contributed by atoms with E-state index < -0.39 is 0 Å². The minimum absolute atomic E-state index is 0.509. The molecule has 0 spiro atoms. The lowest BCUT2D eigenvalue weighted by molar-refractivity contribution is 0.191. The van der Waals surface area contributed by atoms with Crippen LogP contribution in [0.4, 0.5) is 0 Å². The lowest BCUT2D eigenvalue weighted by atomic mass is 10.0. The zero-order valence-electron chi connectivity index (χ0n) is 12.6. The van der Waals surface area contributed by atoms with Gasteiger partial charge in [0.1, 0.15) is 0 Å². The van der Waals surface area contributed by atoms with Crippen molar-refractivity contribution >= 4 is 0 Å². The standard InChI is InChI=1S/C17H28N2/c1-4-19(13-15-10-11-15)17(12-18-14(2)3)16-8-6-5-7-9-16/h5-9,14-15,17-18H,4,10-13H2,1-3H3. The largest absolute Gasteiger partial charge is 0.313 e. The molecule has 1 aliphatic carbocycles. The summed E-state index contributed by atoms with van der Waals surface area (Å²) in [5.41, 5.74) is 1.44. The van der Waals surface area contributed by atoms with E-state index in [2.05, 4.69) is 61.3 Å². The van der Waals surface area contributed by atoms with Crippen LogP contribution in [0.1, 0.15) is 45.2 Å². The van der Waals surface area contributed by atoms with Gasteiger partial charge in [0.2, 0.25) is 0 Å². The normalized spacial score (nSPS) is 17.1. The number of likely N-dealkylation sites (N-methyl/N-ethyl adjacent to an activating group) is 1. The second kappa shape index (κ2) is 7.06. The van der Waals surface area contributed by atoms with Gasteiger partial charge in [-0.15, -0.1) is 0 Å². The summed E-state index contributed by atoms with van der Waals surface area (Å²) >= 11 is 0. The molecule has 1 atom stereocenters. The maximum Gasteiger partial charge on any atom is 0.0472 e. The Morgan fingerprint density at radius 3 is 2.42 bits per heavy atom. The summed E-state index contributed by atoms with van der Waals surface area (Å²) in [7, 11) is 0. The highest BCUT2D eigenvalue weighted by molar-refractivity contribution is 5.19. The summed E-state index contributed by atoms with van der Waals surface area (Å²) < 4.78 is 0. The summed E-state index contributed by atoms with van der Waals surface area (Å²) in [4.78, 5) is 2.64. The number of benzene rings is 1. The van der Waals surface area contributed by atoms with E-state index in [1.165, 1.54) is 24.9 Å². The zero-order valence-corrected chi connectivity index (χ0v) is 12.6. The van der Waals surface area contributed by atoms with Crippen LogP contribution in [-0.2, 0) is 0 Å². The first-order valence-electron chi connectivity index (χ1n) is 7.73. The van der Waals surface area contributed by atoms with Gasteiger partial charge in [-0.1, -0.05) is 51.1 Å². The Labute approximate surface area is 118 Å². The molecular formula is C17H28N2. The van der Waals surface area contributed by atoms with Crippen molar-refractivity contribution in [1.82, 2.24) is 10.2 Å². The van der Waals surface area contributed by atoms with Crippen molar-refractivity contribution in [2.75, 3.05) is 19.6 Å². The lowest BCUT2D eigenvalue weighted by Gasteiger charge is -2.32. The minimum Gasteiger partial charge on any atom is -0.313 e. The molecule has 1 aliphatic rings. The first kappa shape index (κ1) is 14.5. The number of nitrogens with one attached hydrogen (secondary N) is 1. The zero-order chi connectivity index (χ0) is 13.7. The van der Waals surface area contributed by atoms with E-state index in [4.69, 9.17) is 0 Å². The average molecular weight is 260 g/mol. The molecule has 1 N–H and O–H groups in total. The molecule has 1 aromatic rings. The molecule has 2 heteroatoms. The number of nitrogens with zero attached hydrogens (tertiary/aromatic N) is 1. The van der Waals surface area contributed by atoms with Gasteiger partial charge in [-0.3, -0.25) is 4.90 Å². The second-order valence-corrected chi connectivity index (χ2v) is 6.02. The van der Waals surface area contributed by atoms with Crippen LogP contribution < -0.4 is 5.32 Å². The molecule has 0 aliphatic heterocycles. The fourth-order valence-electron chi connectivity index (χ4n) is 2.59. The van der Waals surface area contributed by atoms with E-state index in [0.29, 0.717) is 12.1 Å². The number of hydrogen-bond donors (Lipinski definition) is 1. The molecule has 0 saturated heterocycles. The van der Waals surface area contributed by atoms with E-state index in [1.807, 2.05) is 0 Å².